The number of fused-ring (bicyclic) bond motifs is 1. The number of pyridine rings is 1. The zero-order valence-electron chi connectivity index (χ0n) is 14.3. The summed E-state index contributed by atoms with van der Waals surface area (Å²) < 4.78 is 46.5. The van der Waals surface area contributed by atoms with Crippen molar-refractivity contribution in [3.8, 4) is 22.8 Å². The van der Waals surface area contributed by atoms with Gasteiger partial charge in [0.25, 0.3) is 0 Å². The lowest BCUT2D eigenvalue weighted by Crippen LogP contribution is -2.17. The first-order valence-electron chi connectivity index (χ1n) is 7.77. The van der Waals surface area contributed by atoms with Crippen LogP contribution in [0.4, 0.5) is 13.2 Å². The summed E-state index contributed by atoms with van der Waals surface area (Å²) >= 11 is 0. The number of methoxy groups -OCH3 is 1. The molecule has 0 aliphatic carbocycles. The summed E-state index contributed by atoms with van der Waals surface area (Å²) in [5.41, 5.74) is 1.87. The summed E-state index contributed by atoms with van der Waals surface area (Å²) in [6.45, 7) is 1.86. The number of rotatable bonds is 4. The molecule has 1 heterocycles. The normalized spacial score (nSPS) is 11.4. The third-order valence-corrected chi connectivity index (χ3v) is 3.88. The van der Waals surface area contributed by atoms with E-state index in [-0.39, 0.29) is 16.5 Å². The van der Waals surface area contributed by atoms with Crippen molar-refractivity contribution >= 4 is 16.9 Å². The number of aryl methyl sites for hydroxylation is 1. The number of aromatic carboxylic acids is 1. The zero-order valence-corrected chi connectivity index (χ0v) is 14.3. The molecule has 27 heavy (non-hydrogen) atoms. The van der Waals surface area contributed by atoms with E-state index in [4.69, 9.17) is 4.74 Å². The number of carboxylic acids is 1. The van der Waals surface area contributed by atoms with Gasteiger partial charge in [0.1, 0.15) is 11.5 Å². The molecule has 3 rings (SSSR count). The number of halogens is 3. The average Bonchev–Trinajstić information content (AvgIpc) is 2.59. The number of carbonyl (C=O) groups is 1. The van der Waals surface area contributed by atoms with E-state index >= 15 is 0 Å². The van der Waals surface area contributed by atoms with Crippen LogP contribution in [-0.2, 0) is 0 Å². The van der Waals surface area contributed by atoms with Gasteiger partial charge >= 0.3 is 12.3 Å². The number of carboxylic acid groups (broad SMARTS) is 1. The first kappa shape index (κ1) is 18.5. The first-order valence-corrected chi connectivity index (χ1v) is 7.77. The van der Waals surface area contributed by atoms with Crippen molar-refractivity contribution in [2.75, 3.05) is 7.11 Å². The molecule has 0 radical (unpaired) electrons. The molecule has 2 aromatic carbocycles. The van der Waals surface area contributed by atoms with Crippen molar-refractivity contribution in [3.05, 3.63) is 53.6 Å². The summed E-state index contributed by atoms with van der Waals surface area (Å²) in [5.74, 6) is -1.31. The zero-order chi connectivity index (χ0) is 19.8. The number of alkyl halides is 3. The molecule has 0 fully saturated rings. The van der Waals surface area contributed by atoms with Crippen molar-refractivity contribution in [2.24, 2.45) is 0 Å². The number of benzene rings is 2. The molecule has 0 atom stereocenters. The molecule has 3 aromatic rings. The fraction of sp³-hybridized carbons (Fsp3) is 0.158. The molecule has 1 N–H and O–H groups in total. The lowest BCUT2D eigenvalue weighted by Gasteiger charge is -2.13. The van der Waals surface area contributed by atoms with Crippen LogP contribution in [0.2, 0.25) is 0 Å². The van der Waals surface area contributed by atoms with Crippen molar-refractivity contribution in [3.63, 3.8) is 0 Å². The van der Waals surface area contributed by atoms with Crippen molar-refractivity contribution < 1.29 is 32.5 Å². The Morgan fingerprint density at radius 1 is 1.11 bits per heavy atom. The van der Waals surface area contributed by atoms with Gasteiger partial charge in [0.2, 0.25) is 0 Å². The van der Waals surface area contributed by atoms with Crippen LogP contribution in [0.15, 0.2) is 42.5 Å². The van der Waals surface area contributed by atoms with Crippen LogP contribution >= 0.6 is 0 Å². The maximum atomic E-state index is 12.4. The van der Waals surface area contributed by atoms with E-state index in [1.165, 1.54) is 19.2 Å². The fourth-order valence-corrected chi connectivity index (χ4v) is 2.74. The topological polar surface area (TPSA) is 68.7 Å². The third-order valence-electron chi connectivity index (χ3n) is 3.88. The summed E-state index contributed by atoms with van der Waals surface area (Å²) in [5, 5.41) is 9.58. The SMILES string of the molecule is COc1ccc(C)cc1-c1cc(C(=O)O)c2cc(OC(F)(F)F)ccc2n1. The molecular weight excluding hydrogens is 363 g/mol. The minimum absolute atomic E-state index is 0.0413. The average molecular weight is 377 g/mol. The largest absolute Gasteiger partial charge is 0.573 e. The molecule has 0 spiro atoms. The van der Waals surface area contributed by atoms with E-state index in [1.54, 1.807) is 12.1 Å². The number of aromatic nitrogens is 1. The van der Waals surface area contributed by atoms with E-state index in [0.717, 1.165) is 17.7 Å². The van der Waals surface area contributed by atoms with Gasteiger partial charge in [0, 0.05) is 10.9 Å². The van der Waals surface area contributed by atoms with Crippen LogP contribution in [-0.4, -0.2) is 29.5 Å². The molecule has 140 valence electrons. The van der Waals surface area contributed by atoms with Crippen molar-refractivity contribution in [2.45, 2.75) is 13.3 Å². The van der Waals surface area contributed by atoms with Gasteiger partial charge in [-0.25, -0.2) is 9.78 Å². The van der Waals surface area contributed by atoms with Crippen LogP contribution in [0, 0.1) is 6.92 Å². The maximum absolute atomic E-state index is 12.4. The third kappa shape index (κ3) is 3.94. The molecule has 0 unspecified atom stereocenters. The van der Waals surface area contributed by atoms with E-state index in [0.29, 0.717) is 17.0 Å². The van der Waals surface area contributed by atoms with Gasteiger partial charge in [-0.3, -0.25) is 0 Å². The second kappa shape index (κ2) is 6.79. The number of nitrogens with zero attached hydrogens (tertiary/aromatic N) is 1. The number of hydrogen-bond donors (Lipinski definition) is 1. The van der Waals surface area contributed by atoms with Crippen LogP contribution in [0.1, 0.15) is 15.9 Å². The van der Waals surface area contributed by atoms with Gasteiger partial charge in [-0.2, -0.15) is 0 Å². The van der Waals surface area contributed by atoms with Crippen LogP contribution in [0.3, 0.4) is 0 Å². The quantitative estimate of drug-likeness (QED) is 0.706. The summed E-state index contributed by atoms with van der Waals surface area (Å²) in [6, 6.07) is 10.1. The molecule has 0 amide bonds. The Hall–Kier alpha value is -3.29. The number of ether oxygens (including phenoxy) is 2. The van der Waals surface area contributed by atoms with Crippen LogP contribution < -0.4 is 9.47 Å². The van der Waals surface area contributed by atoms with Crippen LogP contribution in [0.25, 0.3) is 22.2 Å². The van der Waals surface area contributed by atoms with Crippen LogP contribution in [0.5, 0.6) is 11.5 Å². The lowest BCUT2D eigenvalue weighted by molar-refractivity contribution is -0.274. The minimum Gasteiger partial charge on any atom is -0.496 e. The Bertz CT molecular complexity index is 1030. The maximum Gasteiger partial charge on any atom is 0.573 e. The Kier molecular flexibility index (Phi) is 4.65. The molecule has 0 saturated heterocycles. The predicted molar refractivity (Wildman–Crippen MR) is 92.1 cm³/mol. The highest BCUT2D eigenvalue weighted by Crippen LogP contribution is 2.34. The van der Waals surface area contributed by atoms with Crippen molar-refractivity contribution in [1.82, 2.24) is 4.98 Å². The monoisotopic (exact) mass is 377 g/mol. The van der Waals surface area contributed by atoms with Gasteiger partial charge in [0.05, 0.1) is 23.9 Å². The predicted octanol–water partition coefficient (Wildman–Crippen LogP) is 4.82. The Balaban J connectivity index is 2.22. The van der Waals surface area contributed by atoms with E-state index in [9.17, 15) is 23.1 Å². The summed E-state index contributed by atoms with van der Waals surface area (Å²) in [6.07, 6.45) is -4.88. The molecule has 0 aliphatic rings. The second-order valence-corrected chi connectivity index (χ2v) is 5.79. The summed E-state index contributed by atoms with van der Waals surface area (Å²) in [7, 11) is 1.48. The fourth-order valence-electron chi connectivity index (χ4n) is 2.74. The standard InChI is InChI=1S/C19H14F3NO4/c1-10-3-6-17(26-2)14(7-10)16-9-13(18(24)25)12-8-11(27-19(20,21)22)4-5-15(12)23-16/h3-9H,1-2H3,(H,24,25). The lowest BCUT2D eigenvalue weighted by atomic mass is 10.0. The highest BCUT2D eigenvalue weighted by Gasteiger charge is 2.31. The highest BCUT2D eigenvalue weighted by molar-refractivity contribution is 6.04. The smallest absolute Gasteiger partial charge is 0.496 e. The Morgan fingerprint density at radius 3 is 2.48 bits per heavy atom. The van der Waals surface area contributed by atoms with E-state index in [2.05, 4.69) is 9.72 Å². The number of hydrogen-bond acceptors (Lipinski definition) is 4. The molecule has 0 aliphatic heterocycles. The highest BCUT2D eigenvalue weighted by atomic mass is 19.4. The Morgan fingerprint density at radius 2 is 1.85 bits per heavy atom. The first-order chi connectivity index (χ1) is 12.7. The molecule has 0 saturated carbocycles. The second-order valence-electron chi connectivity index (χ2n) is 5.79. The molecule has 5 nitrogen and oxygen atoms in total. The van der Waals surface area contributed by atoms with E-state index < -0.39 is 18.1 Å². The molecule has 0 bridgehead atoms. The van der Waals surface area contributed by atoms with Gasteiger partial charge < -0.3 is 14.6 Å². The van der Waals surface area contributed by atoms with Crippen molar-refractivity contribution in [1.29, 1.82) is 0 Å². The summed E-state index contributed by atoms with van der Waals surface area (Å²) in [4.78, 5) is 16.1. The molecular formula is C19H14F3NO4. The van der Waals surface area contributed by atoms with Gasteiger partial charge in [-0.05, 0) is 43.3 Å². The molecule has 8 heteroatoms. The molecule has 1 aromatic heterocycles. The van der Waals surface area contributed by atoms with E-state index in [1.807, 2.05) is 13.0 Å². The minimum atomic E-state index is -4.88. The van der Waals surface area contributed by atoms with Gasteiger partial charge in [-0.1, -0.05) is 11.6 Å². The van der Waals surface area contributed by atoms with Gasteiger partial charge in [0.15, 0.2) is 0 Å². The van der Waals surface area contributed by atoms with Gasteiger partial charge in [-0.15, -0.1) is 13.2 Å². The Labute approximate surface area is 152 Å².